The molecule has 410 valence electrons. The second kappa shape index (κ2) is 54.8. The molecule has 28 heteroatoms. The maximum atomic E-state index is 14.0. The van der Waals surface area contributed by atoms with Crippen LogP contribution in [0.25, 0.3) is 0 Å². The number of unbranched alkanes of at least 4 members (excludes halogenated alkanes) is 5. The molecule has 0 rings (SSSR count). The number of halogens is 6. The Labute approximate surface area is 446 Å². The molecule has 0 fully saturated rings. The number of hydrogen-bond acceptors (Lipinski definition) is 12. The normalized spacial score (nSPS) is 12.5. The molecule has 0 heterocycles. The number of nitrogens with one attached hydrogen (secondary N) is 4. The molecule has 68 heavy (non-hydrogen) atoms. The lowest BCUT2D eigenvalue weighted by atomic mass is 10.2. The van der Waals surface area contributed by atoms with Gasteiger partial charge in [-0.2, -0.15) is 0 Å². The van der Waals surface area contributed by atoms with Crippen molar-refractivity contribution < 1.29 is 27.2 Å². The summed E-state index contributed by atoms with van der Waals surface area (Å²) in [5.74, 6) is -0.0650. The predicted octanol–water partition coefficient (Wildman–Crippen LogP) is 6.70. The first kappa shape index (κ1) is 80.6. The Kier molecular flexibility index (Phi) is 65.0. The van der Waals surface area contributed by atoms with Crippen molar-refractivity contribution >= 4 is 113 Å². The molecule has 0 aromatic heterocycles. The van der Waals surface area contributed by atoms with Gasteiger partial charge in [0.05, 0.1) is 38.8 Å². The molecule has 0 aliphatic heterocycles. The maximum Gasteiger partial charge on any atom is 0.331 e. The van der Waals surface area contributed by atoms with E-state index in [2.05, 4.69) is 56.4 Å². The smallest absolute Gasteiger partial charge is 0.331 e. The summed E-state index contributed by atoms with van der Waals surface area (Å²) in [7, 11) is -6.84. The Hall–Kier alpha value is -1.48. The highest BCUT2D eigenvalue weighted by Crippen LogP contribution is 2.49. The molecule has 0 aliphatic rings. The topological polar surface area (TPSA) is 330 Å². The van der Waals surface area contributed by atoms with E-state index in [1.165, 1.54) is 0 Å². The van der Waals surface area contributed by atoms with Crippen LogP contribution in [-0.4, -0.2) is 138 Å². The average Bonchev–Trinajstić information content (AvgIpc) is 3.22. The number of guanidine groups is 4. The lowest BCUT2D eigenvalue weighted by molar-refractivity contribution is 0.190. The molecule has 20 nitrogen and oxygen atoms in total. The SMILES string of the molecule is CCC/C=C\CCOP(=O)(CCN(CCCN=C(N)N)CCCNC(=N)N)OCCCCCCOP(=O)(CCN(CCCN=C(N)N)CCCNC(=N)N)OCC/C=C\CCC.Cl.Cl.Cl.Cl.Cl.Cl. The molecule has 0 amide bonds. The van der Waals surface area contributed by atoms with Crippen LogP contribution < -0.4 is 45.0 Å². The van der Waals surface area contributed by atoms with Gasteiger partial charge < -0.3 is 72.9 Å². The van der Waals surface area contributed by atoms with Gasteiger partial charge in [0.1, 0.15) is 0 Å². The number of nitrogens with two attached hydrogens (primary N) is 6. The minimum absolute atomic E-state index is 0. The Morgan fingerprint density at radius 2 is 0.809 bits per heavy atom. The summed E-state index contributed by atoms with van der Waals surface area (Å²) < 4.78 is 52.1. The first-order valence-electron chi connectivity index (χ1n) is 22.5. The predicted molar refractivity (Wildman–Crippen MR) is 301 cm³/mol. The molecule has 0 saturated carbocycles. The van der Waals surface area contributed by atoms with Crippen LogP contribution in [0.2, 0.25) is 0 Å². The molecule has 0 aromatic carbocycles. The van der Waals surface area contributed by atoms with Gasteiger partial charge in [-0.3, -0.25) is 29.9 Å². The summed E-state index contributed by atoms with van der Waals surface area (Å²) >= 11 is 0. The maximum absolute atomic E-state index is 14.0. The molecule has 16 N–H and O–H groups in total. The lowest BCUT2D eigenvalue weighted by Gasteiger charge is -2.25. The minimum Gasteiger partial charge on any atom is -0.370 e. The molecule has 0 spiro atoms. The number of nitrogens with zero attached hydrogens (tertiary/aromatic N) is 4. The third kappa shape index (κ3) is 53.9. The highest BCUT2D eigenvalue weighted by atomic mass is 35.5. The zero-order valence-corrected chi connectivity index (χ0v) is 47.3. The molecule has 0 aromatic rings. The van der Waals surface area contributed by atoms with Gasteiger partial charge in [-0.15, -0.1) is 74.4 Å². The summed E-state index contributed by atoms with van der Waals surface area (Å²) in [5, 5.41) is 20.5. The van der Waals surface area contributed by atoms with Gasteiger partial charge in [-0.1, -0.05) is 63.8 Å². The average molecular weight is 1140 g/mol. The Morgan fingerprint density at radius 3 is 1.13 bits per heavy atom. The molecule has 0 aliphatic carbocycles. The fraction of sp³-hybridized carbons (Fsp3) is 0.800. The minimum atomic E-state index is -3.42. The van der Waals surface area contributed by atoms with Crippen LogP contribution in [0.15, 0.2) is 34.3 Å². The van der Waals surface area contributed by atoms with Crippen LogP contribution >= 0.6 is 89.6 Å². The van der Waals surface area contributed by atoms with E-state index in [9.17, 15) is 9.13 Å². The van der Waals surface area contributed by atoms with Gasteiger partial charge in [0.15, 0.2) is 23.8 Å². The van der Waals surface area contributed by atoms with Crippen molar-refractivity contribution in [1.82, 2.24) is 20.4 Å². The fourth-order valence-corrected chi connectivity index (χ4v) is 9.18. The molecular weight excluding hydrogens is 1050 g/mol. The van der Waals surface area contributed by atoms with Crippen LogP contribution in [0.3, 0.4) is 0 Å². The Morgan fingerprint density at radius 1 is 0.485 bits per heavy atom. The summed E-state index contributed by atoms with van der Waals surface area (Å²) in [6.45, 7) is 11.2. The first-order valence-corrected chi connectivity index (χ1v) is 26.0. The number of aliphatic imine (C=N–C) groups is 2. The third-order valence-electron chi connectivity index (χ3n) is 9.17. The largest absolute Gasteiger partial charge is 0.370 e. The summed E-state index contributed by atoms with van der Waals surface area (Å²) in [5.41, 5.74) is 32.9. The quantitative estimate of drug-likeness (QED) is 0.00998. The Bertz CT molecular complexity index is 1300. The molecule has 2 unspecified atom stereocenters. The van der Waals surface area contributed by atoms with E-state index in [1.54, 1.807) is 0 Å². The molecular formula is C40H92Cl6N14O6P2. The van der Waals surface area contributed by atoms with Crippen LogP contribution in [-0.2, 0) is 27.2 Å². The number of hydrogen-bond donors (Lipinski definition) is 10. The lowest BCUT2D eigenvalue weighted by Crippen LogP contribution is -2.35. The van der Waals surface area contributed by atoms with Crippen molar-refractivity contribution in [2.45, 2.75) is 104 Å². The number of rotatable bonds is 43. The van der Waals surface area contributed by atoms with Crippen molar-refractivity contribution in [3.63, 3.8) is 0 Å². The van der Waals surface area contributed by atoms with Crippen molar-refractivity contribution in [1.29, 1.82) is 10.8 Å². The van der Waals surface area contributed by atoms with E-state index in [1.807, 2.05) is 12.2 Å². The van der Waals surface area contributed by atoms with Gasteiger partial charge in [-0.05, 0) is 90.4 Å². The van der Waals surface area contributed by atoms with E-state index in [4.69, 9.17) is 63.3 Å². The van der Waals surface area contributed by atoms with E-state index in [0.717, 1.165) is 64.2 Å². The highest BCUT2D eigenvalue weighted by Gasteiger charge is 2.27. The van der Waals surface area contributed by atoms with Crippen molar-refractivity contribution in [3.05, 3.63) is 24.3 Å². The van der Waals surface area contributed by atoms with Crippen LogP contribution in [0.5, 0.6) is 0 Å². The van der Waals surface area contributed by atoms with Gasteiger partial charge in [-0.25, -0.2) is 0 Å². The zero-order valence-electron chi connectivity index (χ0n) is 40.6. The molecule has 0 saturated heterocycles. The van der Waals surface area contributed by atoms with E-state index in [0.29, 0.717) is 104 Å². The number of allylic oxidation sites excluding steroid dienone is 2. The first-order chi connectivity index (χ1) is 29.7. The van der Waals surface area contributed by atoms with Crippen molar-refractivity contribution in [2.24, 2.45) is 44.4 Å². The van der Waals surface area contributed by atoms with Crippen LogP contribution in [0.1, 0.15) is 104 Å². The zero-order chi connectivity index (χ0) is 46.2. The summed E-state index contributed by atoms with van der Waals surface area (Å²) in [4.78, 5) is 12.5. The van der Waals surface area contributed by atoms with Crippen LogP contribution in [0, 0.1) is 10.8 Å². The highest BCUT2D eigenvalue weighted by molar-refractivity contribution is 7.54. The fourth-order valence-electron chi connectivity index (χ4n) is 5.88. The monoisotopic (exact) mass is 1140 g/mol. The summed E-state index contributed by atoms with van der Waals surface area (Å²) in [6.07, 6.45) is 20.0. The van der Waals surface area contributed by atoms with Gasteiger partial charge in [0, 0.05) is 39.3 Å². The molecule has 0 bridgehead atoms. The van der Waals surface area contributed by atoms with Gasteiger partial charge in [0.2, 0.25) is 0 Å². The second-order valence-electron chi connectivity index (χ2n) is 14.9. The standard InChI is InChI=1S/C40H86N14O6P2.6ClH/c1-3-5-7-9-13-31-57-61(55,35-29-53(25-17-21-49-37(41)42)26-18-22-50-38(43)44)59-33-15-11-12-16-34-60-62(56,58-32-14-10-8-6-4-2)36-30-54(27-19-23-51-39(45)46)28-20-24-52-40(47)48;;;;;;/h7-10H,3-6,11-36H2,1-2H3,(H4,41,42,49)(H4,43,44,50)(H4,45,46,51)(H4,47,48,52);6*1H/b9-7-,10-8-;;;;;;. The van der Waals surface area contributed by atoms with E-state index >= 15 is 0 Å². The van der Waals surface area contributed by atoms with Crippen molar-refractivity contribution in [3.8, 4) is 0 Å². The van der Waals surface area contributed by atoms with E-state index < -0.39 is 15.2 Å². The van der Waals surface area contributed by atoms with Gasteiger partial charge in [0.25, 0.3) is 0 Å². The van der Waals surface area contributed by atoms with E-state index in [-0.39, 0.29) is 124 Å². The third-order valence-corrected chi connectivity index (χ3v) is 13.0. The second-order valence-corrected chi connectivity index (χ2v) is 19.3. The molecule has 2 atom stereocenters. The summed E-state index contributed by atoms with van der Waals surface area (Å²) in [6, 6.07) is 0. The molecule has 0 radical (unpaired) electrons. The van der Waals surface area contributed by atoms with Crippen molar-refractivity contribution in [2.75, 3.05) is 104 Å². The Balaban J connectivity index is -0.00000124. The van der Waals surface area contributed by atoms with Crippen LogP contribution in [0.4, 0.5) is 0 Å². The van der Waals surface area contributed by atoms with Gasteiger partial charge >= 0.3 is 15.2 Å².